The molecule has 1 heterocycles. The van der Waals surface area contributed by atoms with Crippen LogP contribution in [0.4, 0.5) is 11.4 Å². The Labute approximate surface area is 154 Å². The predicted molar refractivity (Wildman–Crippen MR) is 104 cm³/mol. The maximum Gasteiger partial charge on any atom is 0.249 e. The van der Waals surface area contributed by atoms with Crippen molar-refractivity contribution in [2.75, 3.05) is 17.2 Å². The van der Waals surface area contributed by atoms with E-state index in [0.717, 1.165) is 23.2 Å². The Bertz CT molecular complexity index is 786. The molecule has 2 aromatic rings. The predicted octanol–water partition coefficient (Wildman–Crippen LogP) is 2.82. The van der Waals surface area contributed by atoms with E-state index in [4.69, 9.17) is 5.73 Å². The summed E-state index contributed by atoms with van der Waals surface area (Å²) < 4.78 is 0. The molecule has 26 heavy (non-hydrogen) atoms. The van der Waals surface area contributed by atoms with Crippen LogP contribution in [-0.2, 0) is 16.0 Å². The topological polar surface area (TPSA) is 75.4 Å². The van der Waals surface area contributed by atoms with Gasteiger partial charge in [-0.15, -0.1) is 0 Å². The van der Waals surface area contributed by atoms with Gasteiger partial charge >= 0.3 is 0 Å². The van der Waals surface area contributed by atoms with Crippen molar-refractivity contribution in [2.24, 2.45) is 0 Å². The second kappa shape index (κ2) is 8.04. The number of hydrogen-bond donors (Lipinski definition) is 2. The molecule has 1 unspecified atom stereocenters. The van der Waals surface area contributed by atoms with Crippen LogP contribution in [0.25, 0.3) is 0 Å². The lowest BCUT2D eigenvalue weighted by molar-refractivity contribution is -0.128. The van der Waals surface area contributed by atoms with E-state index < -0.39 is 6.04 Å². The molecule has 0 spiro atoms. The van der Waals surface area contributed by atoms with Crippen LogP contribution in [-0.4, -0.2) is 24.4 Å². The Morgan fingerprint density at radius 1 is 1.19 bits per heavy atom. The monoisotopic (exact) mass is 351 g/mol. The average Bonchev–Trinajstić information content (AvgIpc) is 2.64. The molecule has 1 aliphatic rings. The van der Waals surface area contributed by atoms with Gasteiger partial charge in [0.2, 0.25) is 11.8 Å². The molecule has 1 atom stereocenters. The number of aryl methyl sites for hydroxylation is 2. The normalized spacial score (nSPS) is 17.2. The molecule has 2 amide bonds. The quantitative estimate of drug-likeness (QED) is 0.814. The summed E-state index contributed by atoms with van der Waals surface area (Å²) in [7, 11) is 0. The lowest BCUT2D eigenvalue weighted by Crippen LogP contribution is -2.52. The van der Waals surface area contributed by atoms with Gasteiger partial charge < -0.3 is 16.0 Å². The second-order valence-electron chi connectivity index (χ2n) is 6.79. The first-order valence-corrected chi connectivity index (χ1v) is 9.05. The zero-order chi connectivity index (χ0) is 18.5. The zero-order valence-electron chi connectivity index (χ0n) is 15.1. The van der Waals surface area contributed by atoms with Crippen LogP contribution in [0.2, 0.25) is 0 Å². The van der Waals surface area contributed by atoms with E-state index in [1.54, 1.807) is 4.90 Å². The van der Waals surface area contributed by atoms with E-state index in [0.29, 0.717) is 31.5 Å². The van der Waals surface area contributed by atoms with E-state index in [1.165, 1.54) is 0 Å². The molecule has 0 aliphatic carbocycles. The maximum atomic E-state index is 12.8. The number of rotatable bonds is 5. The highest BCUT2D eigenvalue weighted by atomic mass is 16.2. The molecule has 5 nitrogen and oxygen atoms in total. The van der Waals surface area contributed by atoms with Crippen molar-refractivity contribution in [2.45, 2.75) is 38.6 Å². The molecular formula is C21H25N3O2. The highest BCUT2D eigenvalue weighted by Gasteiger charge is 2.30. The summed E-state index contributed by atoms with van der Waals surface area (Å²) >= 11 is 0. The highest BCUT2D eigenvalue weighted by Crippen LogP contribution is 2.22. The standard InChI is InChI=1S/C21H25N3O2/c1-15-8-11-17(12-9-15)24-14-4-7-19(21(24)26)23-20(25)13-10-16-5-2-3-6-18(16)22/h2-3,5-6,8-9,11-12,19H,4,7,10,13-14,22H2,1H3,(H,23,25). The Morgan fingerprint density at radius 3 is 2.65 bits per heavy atom. The summed E-state index contributed by atoms with van der Waals surface area (Å²) in [6.45, 7) is 2.71. The molecule has 1 saturated heterocycles. The number of carbonyl (C=O) groups is 2. The van der Waals surface area contributed by atoms with Crippen molar-refractivity contribution < 1.29 is 9.59 Å². The number of piperidine rings is 1. The Balaban J connectivity index is 1.58. The van der Waals surface area contributed by atoms with Gasteiger partial charge in [0.25, 0.3) is 0 Å². The molecule has 3 N–H and O–H groups in total. The number of para-hydroxylation sites is 1. The van der Waals surface area contributed by atoms with Gasteiger partial charge in [-0.2, -0.15) is 0 Å². The van der Waals surface area contributed by atoms with Crippen molar-refractivity contribution in [1.82, 2.24) is 5.32 Å². The second-order valence-corrected chi connectivity index (χ2v) is 6.79. The molecule has 0 radical (unpaired) electrons. The van der Waals surface area contributed by atoms with Gasteiger partial charge in [0.1, 0.15) is 6.04 Å². The van der Waals surface area contributed by atoms with Crippen LogP contribution in [0.1, 0.15) is 30.4 Å². The van der Waals surface area contributed by atoms with Gasteiger partial charge in [0.05, 0.1) is 0 Å². The highest BCUT2D eigenvalue weighted by molar-refractivity contribution is 5.99. The average molecular weight is 351 g/mol. The molecule has 3 rings (SSSR count). The largest absolute Gasteiger partial charge is 0.399 e. The number of nitrogens with zero attached hydrogens (tertiary/aromatic N) is 1. The number of nitrogen functional groups attached to an aromatic ring is 1. The van der Waals surface area contributed by atoms with Gasteiger partial charge in [0, 0.05) is 24.3 Å². The fourth-order valence-electron chi connectivity index (χ4n) is 3.27. The Hall–Kier alpha value is -2.82. The fourth-order valence-corrected chi connectivity index (χ4v) is 3.27. The molecule has 5 heteroatoms. The van der Waals surface area contributed by atoms with Crippen LogP contribution in [0.15, 0.2) is 48.5 Å². The van der Waals surface area contributed by atoms with Crippen molar-refractivity contribution in [3.63, 3.8) is 0 Å². The third-order valence-electron chi connectivity index (χ3n) is 4.80. The summed E-state index contributed by atoms with van der Waals surface area (Å²) in [6.07, 6.45) is 2.44. The van der Waals surface area contributed by atoms with Crippen molar-refractivity contribution in [1.29, 1.82) is 0 Å². The van der Waals surface area contributed by atoms with E-state index >= 15 is 0 Å². The Kier molecular flexibility index (Phi) is 5.56. The van der Waals surface area contributed by atoms with E-state index in [-0.39, 0.29) is 11.8 Å². The van der Waals surface area contributed by atoms with Crippen LogP contribution in [0, 0.1) is 6.92 Å². The molecule has 136 valence electrons. The van der Waals surface area contributed by atoms with Crippen molar-refractivity contribution in [3.8, 4) is 0 Å². The minimum atomic E-state index is -0.453. The minimum absolute atomic E-state index is 0.0346. The summed E-state index contributed by atoms with van der Waals surface area (Å²) in [6, 6.07) is 15.0. The summed E-state index contributed by atoms with van der Waals surface area (Å²) in [5.41, 5.74) is 9.61. The maximum absolute atomic E-state index is 12.8. The number of anilines is 2. The Morgan fingerprint density at radius 2 is 1.92 bits per heavy atom. The summed E-state index contributed by atoms with van der Waals surface area (Å²) in [4.78, 5) is 26.8. The third-order valence-corrected chi connectivity index (χ3v) is 4.80. The number of nitrogens with one attached hydrogen (secondary N) is 1. The van der Waals surface area contributed by atoms with Gasteiger partial charge in [-0.25, -0.2) is 0 Å². The molecule has 0 bridgehead atoms. The van der Waals surface area contributed by atoms with Gasteiger partial charge in [-0.3, -0.25) is 9.59 Å². The number of nitrogens with two attached hydrogens (primary N) is 1. The number of amides is 2. The number of hydrogen-bond acceptors (Lipinski definition) is 3. The molecule has 0 saturated carbocycles. The smallest absolute Gasteiger partial charge is 0.249 e. The first-order valence-electron chi connectivity index (χ1n) is 9.05. The molecular weight excluding hydrogens is 326 g/mol. The number of benzene rings is 2. The zero-order valence-corrected chi connectivity index (χ0v) is 15.1. The van der Waals surface area contributed by atoms with Crippen LogP contribution >= 0.6 is 0 Å². The van der Waals surface area contributed by atoms with Gasteiger partial charge in [-0.1, -0.05) is 35.9 Å². The van der Waals surface area contributed by atoms with Gasteiger partial charge in [-0.05, 0) is 49.9 Å². The lowest BCUT2D eigenvalue weighted by atomic mass is 10.0. The number of carbonyl (C=O) groups excluding carboxylic acids is 2. The van der Waals surface area contributed by atoms with Crippen LogP contribution in [0.5, 0.6) is 0 Å². The van der Waals surface area contributed by atoms with Crippen molar-refractivity contribution >= 4 is 23.2 Å². The third kappa shape index (κ3) is 4.23. The fraction of sp³-hybridized carbons (Fsp3) is 0.333. The lowest BCUT2D eigenvalue weighted by Gasteiger charge is -2.32. The summed E-state index contributed by atoms with van der Waals surface area (Å²) in [5.74, 6) is -0.148. The van der Waals surface area contributed by atoms with E-state index in [2.05, 4.69) is 5.32 Å². The first-order chi connectivity index (χ1) is 12.5. The van der Waals surface area contributed by atoms with E-state index in [1.807, 2.05) is 55.5 Å². The van der Waals surface area contributed by atoms with Crippen LogP contribution < -0.4 is 16.0 Å². The molecule has 2 aromatic carbocycles. The molecule has 1 aliphatic heterocycles. The van der Waals surface area contributed by atoms with Crippen molar-refractivity contribution in [3.05, 3.63) is 59.7 Å². The van der Waals surface area contributed by atoms with Gasteiger partial charge in [0.15, 0.2) is 0 Å². The van der Waals surface area contributed by atoms with E-state index in [9.17, 15) is 9.59 Å². The summed E-state index contributed by atoms with van der Waals surface area (Å²) in [5, 5.41) is 2.90. The SMILES string of the molecule is Cc1ccc(N2CCCC(NC(=O)CCc3ccccc3N)C2=O)cc1. The van der Waals surface area contributed by atoms with Crippen LogP contribution in [0.3, 0.4) is 0 Å². The first kappa shape index (κ1) is 18.0. The molecule has 1 fully saturated rings. The molecule has 0 aromatic heterocycles. The minimum Gasteiger partial charge on any atom is -0.399 e.